The second-order valence-corrected chi connectivity index (χ2v) is 7.09. The van der Waals surface area contributed by atoms with Crippen molar-refractivity contribution in [3.63, 3.8) is 0 Å². The van der Waals surface area contributed by atoms with E-state index in [1.54, 1.807) is 7.11 Å². The van der Waals surface area contributed by atoms with E-state index in [1.165, 1.54) is 0 Å². The largest absolute Gasteiger partial charge is 0.497 e. The van der Waals surface area contributed by atoms with Crippen molar-refractivity contribution in [3.05, 3.63) is 29.8 Å². The van der Waals surface area contributed by atoms with Crippen molar-refractivity contribution >= 4 is 6.09 Å². The van der Waals surface area contributed by atoms with Gasteiger partial charge < -0.3 is 9.47 Å². The molecule has 22 heavy (non-hydrogen) atoms. The fraction of sp³-hybridized carbons (Fsp3) is 0.611. The van der Waals surface area contributed by atoms with Crippen molar-refractivity contribution < 1.29 is 14.3 Å². The Labute approximate surface area is 133 Å². The van der Waals surface area contributed by atoms with Crippen LogP contribution in [0.1, 0.15) is 52.5 Å². The zero-order chi connectivity index (χ0) is 16.4. The zero-order valence-electron chi connectivity index (χ0n) is 14.3. The van der Waals surface area contributed by atoms with Crippen LogP contribution in [-0.2, 0) is 10.3 Å². The average Bonchev–Trinajstić information content (AvgIpc) is 2.46. The molecule has 1 aliphatic rings. The molecule has 1 unspecified atom stereocenters. The molecule has 0 N–H and O–H groups in total. The van der Waals surface area contributed by atoms with Crippen molar-refractivity contribution in [2.24, 2.45) is 0 Å². The van der Waals surface area contributed by atoms with E-state index >= 15 is 0 Å². The number of rotatable bonds is 2. The Kier molecular flexibility index (Phi) is 4.69. The van der Waals surface area contributed by atoms with Crippen LogP contribution >= 0.6 is 0 Å². The van der Waals surface area contributed by atoms with Gasteiger partial charge in [0.15, 0.2) is 0 Å². The van der Waals surface area contributed by atoms with Gasteiger partial charge in [-0.15, -0.1) is 0 Å². The lowest BCUT2D eigenvalue weighted by molar-refractivity contribution is -0.0126. The maximum absolute atomic E-state index is 12.6. The zero-order valence-corrected chi connectivity index (χ0v) is 14.3. The predicted molar refractivity (Wildman–Crippen MR) is 87.1 cm³/mol. The number of likely N-dealkylation sites (tertiary alicyclic amines) is 1. The predicted octanol–water partition coefficient (Wildman–Crippen LogP) is 4.33. The lowest BCUT2D eigenvalue weighted by Gasteiger charge is -2.45. The van der Waals surface area contributed by atoms with E-state index in [-0.39, 0.29) is 11.6 Å². The molecule has 0 aliphatic carbocycles. The summed E-state index contributed by atoms with van der Waals surface area (Å²) in [5.41, 5.74) is 0.260. The summed E-state index contributed by atoms with van der Waals surface area (Å²) in [7, 11) is 1.66. The number of hydrogen-bond donors (Lipinski definition) is 0. The SMILES string of the molecule is COc1cccc(C2(C)CCCCN2C(=O)OC(C)(C)C)c1. The molecule has 4 nitrogen and oxygen atoms in total. The molecule has 4 heteroatoms. The Morgan fingerprint density at radius 3 is 2.64 bits per heavy atom. The average molecular weight is 305 g/mol. The van der Waals surface area contributed by atoms with Crippen molar-refractivity contribution in [2.45, 2.75) is 58.1 Å². The topological polar surface area (TPSA) is 38.8 Å². The number of benzene rings is 1. The highest BCUT2D eigenvalue weighted by molar-refractivity contribution is 5.70. The maximum Gasteiger partial charge on any atom is 0.411 e. The fourth-order valence-corrected chi connectivity index (χ4v) is 2.99. The van der Waals surface area contributed by atoms with Crippen molar-refractivity contribution in [1.82, 2.24) is 4.90 Å². The molecule has 1 atom stereocenters. The minimum atomic E-state index is -0.482. The highest BCUT2D eigenvalue weighted by atomic mass is 16.6. The molecule has 1 saturated heterocycles. The Bertz CT molecular complexity index is 535. The van der Waals surface area contributed by atoms with E-state index < -0.39 is 5.60 Å². The minimum Gasteiger partial charge on any atom is -0.497 e. The van der Waals surface area contributed by atoms with Gasteiger partial charge in [-0.25, -0.2) is 4.79 Å². The number of methoxy groups -OCH3 is 1. The second-order valence-electron chi connectivity index (χ2n) is 7.09. The van der Waals surface area contributed by atoms with Crippen LogP contribution in [0.4, 0.5) is 4.79 Å². The molecule has 1 amide bonds. The van der Waals surface area contributed by atoms with Crippen LogP contribution in [0.5, 0.6) is 5.75 Å². The number of carbonyl (C=O) groups excluding carboxylic acids is 1. The third-order valence-corrected chi connectivity index (χ3v) is 4.20. The van der Waals surface area contributed by atoms with Crippen LogP contribution in [0, 0.1) is 0 Å². The second kappa shape index (κ2) is 6.19. The summed E-state index contributed by atoms with van der Waals surface area (Å²) in [6, 6.07) is 7.97. The first kappa shape index (κ1) is 16.7. The number of ether oxygens (including phenoxy) is 2. The molecular weight excluding hydrogens is 278 g/mol. The summed E-state index contributed by atoms with van der Waals surface area (Å²) in [5.74, 6) is 0.813. The number of piperidine rings is 1. The smallest absolute Gasteiger partial charge is 0.411 e. The van der Waals surface area contributed by atoms with Gasteiger partial charge in [-0.2, -0.15) is 0 Å². The van der Waals surface area contributed by atoms with Crippen molar-refractivity contribution in [2.75, 3.05) is 13.7 Å². The summed E-state index contributed by atoms with van der Waals surface area (Å²) >= 11 is 0. The van der Waals surface area contributed by atoms with Gasteiger partial charge in [-0.3, -0.25) is 4.90 Å². The first-order valence-electron chi connectivity index (χ1n) is 7.91. The first-order valence-corrected chi connectivity index (χ1v) is 7.91. The van der Waals surface area contributed by atoms with E-state index in [9.17, 15) is 4.79 Å². The number of hydrogen-bond acceptors (Lipinski definition) is 3. The van der Waals surface area contributed by atoms with Crippen LogP contribution in [0.2, 0.25) is 0 Å². The first-order chi connectivity index (χ1) is 10.3. The van der Waals surface area contributed by atoms with Gasteiger partial charge in [0.2, 0.25) is 0 Å². The quantitative estimate of drug-likeness (QED) is 0.816. The van der Waals surface area contributed by atoms with Gasteiger partial charge in [0.05, 0.1) is 12.6 Å². The van der Waals surface area contributed by atoms with Crippen LogP contribution < -0.4 is 4.74 Å². The maximum atomic E-state index is 12.6. The van der Waals surface area contributed by atoms with Gasteiger partial charge in [-0.05, 0) is 64.7 Å². The van der Waals surface area contributed by atoms with E-state index in [2.05, 4.69) is 13.0 Å². The molecule has 1 fully saturated rings. The standard InChI is InChI=1S/C18H27NO3/c1-17(2,3)22-16(20)19-12-7-6-11-18(19,4)14-9-8-10-15(13-14)21-5/h8-10,13H,6-7,11-12H2,1-5H3. The van der Waals surface area contributed by atoms with E-state index in [0.29, 0.717) is 0 Å². The third kappa shape index (κ3) is 3.54. The lowest BCUT2D eigenvalue weighted by Crippen LogP contribution is -2.52. The van der Waals surface area contributed by atoms with Crippen LogP contribution in [-0.4, -0.2) is 30.2 Å². The molecule has 0 bridgehead atoms. The number of amides is 1. The molecule has 2 rings (SSSR count). The normalized spacial score (nSPS) is 22.3. The lowest BCUT2D eigenvalue weighted by atomic mass is 9.82. The minimum absolute atomic E-state index is 0.238. The molecule has 0 saturated carbocycles. The molecule has 0 radical (unpaired) electrons. The molecule has 1 aliphatic heterocycles. The highest BCUT2D eigenvalue weighted by Gasteiger charge is 2.41. The summed E-state index contributed by atoms with van der Waals surface area (Å²) in [6.45, 7) is 8.54. The van der Waals surface area contributed by atoms with E-state index in [0.717, 1.165) is 37.1 Å². The fourth-order valence-electron chi connectivity index (χ4n) is 2.99. The molecule has 0 spiro atoms. The van der Waals surface area contributed by atoms with E-state index in [4.69, 9.17) is 9.47 Å². The monoisotopic (exact) mass is 305 g/mol. The third-order valence-electron chi connectivity index (χ3n) is 4.20. The van der Waals surface area contributed by atoms with Gasteiger partial charge in [0.25, 0.3) is 0 Å². The summed E-state index contributed by atoms with van der Waals surface area (Å²) in [6.07, 6.45) is 2.81. The molecule has 1 aromatic rings. The van der Waals surface area contributed by atoms with Gasteiger partial charge in [0, 0.05) is 6.54 Å². The molecule has 1 aromatic carbocycles. The Morgan fingerprint density at radius 1 is 1.27 bits per heavy atom. The molecule has 122 valence electrons. The van der Waals surface area contributed by atoms with Gasteiger partial charge in [0.1, 0.15) is 11.4 Å². The van der Waals surface area contributed by atoms with Crippen LogP contribution in [0.25, 0.3) is 0 Å². The Balaban J connectivity index is 2.33. The summed E-state index contributed by atoms with van der Waals surface area (Å²) in [5, 5.41) is 0. The highest BCUT2D eigenvalue weighted by Crippen LogP contribution is 2.39. The van der Waals surface area contributed by atoms with E-state index in [1.807, 2.05) is 43.9 Å². The van der Waals surface area contributed by atoms with Crippen molar-refractivity contribution in [1.29, 1.82) is 0 Å². The Morgan fingerprint density at radius 2 is 2.00 bits per heavy atom. The molecular formula is C18H27NO3. The van der Waals surface area contributed by atoms with Crippen molar-refractivity contribution in [3.8, 4) is 5.75 Å². The van der Waals surface area contributed by atoms with Gasteiger partial charge >= 0.3 is 6.09 Å². The summed E-state index contributed by atoms with van der Waals surface area (Å²) in [4.78, 5) is 14.5. The summed E-state index contributed by atoms with van der Waals surface area (Å²) < 4.78 is 10.9. The molecule has 1 heterocycles. The number of carbonyl (C=O) groups is 1. The van der Waals surface area contributed by atoms with Crippen LogP contribution in [0.15, 0.2) is 24.3 Å². The Hall–Kier alpha value is -1.71. The number of nitrogens with zero attached hydrogens (tertiary/aromatic N) is 1. The van der Waals surface area contributed by atoms with Gasteiger partial charge in [-0.1, -0.05) is 12.1 Å². The van der Waals surface area contributed by atoms with Crippen LogP contribution in [0.3, 0.4) is 0 Å². The molecule has 0 aromatic heterocycles.